The summed E-state index contributed by atoms with van der Waals surface area (Å²) in [6, 6.07) is 7.77. The van der Waals surface area contributed by atoms with Gasteiger partial charge in [0.2, 0.25) is 0 Å². The summed E-state index contributed by atoms with van der Waals surface area (Å²) >= 11 is 0. The largest absolute Gasteiger partial charge is 0.493 e. The van der Waals surface area contributed by atoms with Crippen LogP contribution < -0.4 is 9.64 Å². The third-order valence-corrected chi connectivity index (χ3v) is 5.90. The molecule has 188 valence electrons. The maximum Gasteiger partial charge on any atom is 0.416 e. The molecular weight excluding hydrogens is 467 g/mol. The molecule has 1 fully saturated rings. The molecule has 1 N–H and O–H groups in total. The van der Waals surface area contributed by atoms with Crippen LogP contribution in [0.5, 0.6) is 5.75 Å². The number of halogens is 7. The van der Waals surface area contributed by atoms with Crippen molar-refractivity contribution >= 4 is 5.69 Å². The Morgan fingerprint density at radius 2 is 1.68 bits per heavy atom. The van der Waals surface area contributed by atoms with E-state index in [1.54, 1.807) is 6.07 Å². The lowest BCUT2D eigenvalue weighted by Crippen LogP contribution is -2.41. The summed E-state index contributed by atoms with van der Waals surface area (Å²) in [4.78, 5) is 0.990. The van der Waals surface area contributed by atoms with E-state index in [0.29, 0.717) is 36.5 Å². The van der Waals surface area contributed by atoms with Crippen LogP contribution in [0.2, 0.25) is 0 Å². The third kappa shape index (κ3) is 7.25. The molecule has 2 aromatic rings. The van der Waals surface area contributed by atoms with E-state index in [2.05, 4.69) is 0 Å². The van der Waals surface area contributed by atoms with Gasteiger partial charge in [-0.3, -0.25) is 0 Å². The second kappa shape index (κ2) is 10.8. The van der Waals surface area contributed by atoms with Gasteiger partial charge in [-0.25, -0.2) is 4.39 Å². The van der Waals surface area contributed by atoms with E-state index in [1.165, 1.54) is 24.6 Å². The average Bonchev–Trinajstić information content (AvgIpc) is 2.78. The first kappa shape index (κ1) is 26.1. The Balaban J connectivity index is 1.85. The van der Waals surface area contributed by atoms with Crippen LogP contribution in [0.1, 0.15) is 43.2 Å². The van der Waals surface area contributed by atoms with Crippen LogP contribution in [-0.2, 0) is 12.7 Å². The Morgan fingerprint density at radius 1 is 0.971 bits per heavy atom. The van der Waals surface area contributed by atoms with Crippen molar-refractivity contribution in [1.29, 1.82) is 0 Å². The first-order valence-corrected chi connectivity index (χ1v) is 11.0. The lowest BCUT2D eigenvalue weighted by atomic mass is 9.90. The van der Waals surface area contributed by atoms with Crippen LogP contribution in [-0.4, -0.2) is 30.5 Å². The number of alkyl halides is 6. The molecule has 34 heavy (non-hydrogen) atoms. The van der Waals surface area contributed by atoms with Crippen molar-refractivity contribution in [2.45, 2.75) is 57.1 Å². The highest BCUT2D eigenvalue weighted by Crippen LogP contribution is 2.32. The predicted molar refractivity (Wildman–Crippen MR) is 113 cm³/mol. The topological polar surface area (TPSA) is 32.7 Å². The SMILES string of the molecule is OC(CN(Cc1cc(C(F)(F)F)ccc1F)c1cccc(OCC2CCCCC2)c1)C(F)(F)F. The summed E-state index contributed by atoms with van der Waals surface area (Å²) in [6.45, 7) is -1.17. The van der Waals surface area contributed by atoms with E-state index in [9.17, 15) is 35.8 Å². The predicted octanol–water partition coefficient (Wildman–Crippen LogP) is 6.73. The van der Waals surface area contributed by atoms with Gasteiger partial charge in [-0.2, -0.15) is 26.3 Å². The van der Waals surface area contributed by atoms with Crippen molar-refractivity contribution in [2.75, 3.05) is 18.1 Å². The molecule has 0 bridgehead atoms. The molecule has 1 aliphatic carbocycles. The molecule has 0 amide bonds. The zero-order valence-corrected chi connectivity index (χ0v) is 18.3. The summed E-state index contributed by atoms with van der Waals surface area (Å²) in [5.74, 6) is -0.247. The molecule has 0 saturated heterocycles. The molecule has 0 heterocycles. The number of aliphatic hydroxyl groups is 1. The van der Waals surface area contributed by atoms with Crippen molar-refractivity contribution in [3.05, 3.63) is 59.4 Å². The fraction of sp³-hybridized carbons (Fsp3) is 0.500. The molecule has 3 nitrogen and oxygen atoms in total. The summed E-state index contributed by atoms with van der Waals surface area (Å²) < 4.78 is 98.5. The van der Waals surface area contributed by atoms with Gasteiger partial charge in [0.25, 0.3) is 0 Å². The summed E-state index contributed by atoms with van der Waals surface area (Å²) in [5.41, 5.74) is -1.41. The van der Waals surface area contributed by atoms with Gasteiger partial charge < -0.3 is 14.7 Å². The maximum atomic E-state index is 14.3. The van der Waals surface area contributed by atoms with Gasteiger partial charge in [0, 0.05) is 23.9 Å². The van der Waals surface area contributed by atoms with E-state index >= 15 is 0 Å². The Hall–Kier alpha value is -2.49. The molecule has 1 unspecified atom stereocenters. The molecule has 1 aliphatic rings. The molecule has 0 spiro atoms. The van der Waals surface area contributed by atoms with Gasteiger partial charge in [0.15, 0.2) is 6.10 Å². The van der Waals surface area contributed by atoms with Crippen LogP contribution >= 0.6 is 0 Å². The Kier molecular flexibility index (Phi) is 8.33. The van der Waals surface area contributed by atoms with Crippen LogP contribution in [0.25, 0.3) is 0 Å². The zero-order valence-electron chi connectivity index (χ0n) is 18.3. The number of anilines is 1. The number of aliphatic hydroxyl groups excluding tert-OH is 1. The van der Waals surface area contributed by atoms with E-state index in [4.69, 9.17) is 4.74 Å². The van der Waals surface area contributed by atoms with Crippen molar-refractivity contribution in [3.8, 4) is 5.75 Å². The molecule has 0 aromatic heterocycles. The average molecular weight is 493 g/mol. The van der Waals surface area contributed by atoms with Gasteiger partial charge in [-0.15, -0.1) is 0 Å². The maximum absolute atomic E-state index is 14.3. The number of hydrogen-bond donors (Lipinski definition) is 1. The number of benzene rings is 2. The second-order valence-electron chi connectivity index (χ2n) is 8.55. The normalized spacial score (nSPS) is 16.4. The van der Waals surface area contributed by atoms with Crippen molar-refractivity contribution in [3.63, 3.8) is 0 Å². The quantitative estimate of drug-likeness (QED) is 0.414. The van der Waals surface area contributed by atoms with Gasteiger partial charge in [-0.05, 0) is 49.1 Å². The van der Waals surface area contributed by atoms with Gasteiger partial charge >= 0.3 is 12.4 Å². The monoisotopic (exact) mass is 493 g/mol. The van der Waals surface area contributed by atoms with Crippen LogP contribution in [0.15, 0.2) is 42.5 Å². The molecular formula is C24H26F7NO2. The Morgan fingerprint density at radius 3 is 2.32 bits per heavy atom. The zero-order chi connectivity index (χ0) is 24.9. The van der Waals surface area contributed by atoms with Gasteiger partial charge in [-0.1, -0.05) is 25.3 Å². The Bertz CT molecular complexity index is 940. The minimum absolute atomic E-state index is 0.154. The minimum atomic E-state index is -4.96. The highest BCUT2D eigenvalue weighted by molar-refractivity contribution is 5.51. The number of ether oxygens (including phenoxy) is 1. The van der Waals surface area contributed by atoms with E-state index in [-0.39, 0.29) is 5.69 Å². The number of rotatable bonds is 8. The fourth-order valence-corrected chi connectivity index (χ4v) is 3.99. The van der Waals surface area contributed by atoms with Crippen LogP contribution in [0.3, 0.4) is 0 Å². The molecule has 3 rings (SSSR count). The van der Waals surface area contributed by atoms with Crippen molar-refractivity contribution in [1.82, 2.24) is 0 Å². The van der Waals surface area contributed by atoms with E-state index in [1.807, 2.05) is 0 Å². The number of hydrogen-bond acceptors (Lipinski definition) is 3. The first-order valence-electron chi connectivity index (χ1n) is 11.0. The second-order valence-corrected chi connectivity index (χ2v) is 8.55. The summed E-state index contributed by atoms with van der Waals surface area (Å²) in [7, 11) is 0. The Labute approximate surface area is 193 Å². The molecule has 10 heteroatoms. The molecule has 1 saturated carbocycles. The first-order chi connectivity index (χ1) is 15.9. The highest BCUT2D eigenvalue weighted by atomic mass is 19.4. The standard InChI is InChI=1S/C24H26F7NO2/c25-21-10-9-18(23(26,27)28)11-17(21)13-32(14-22(33)24(29,30)31)19-7-4-8-20(12-19)34-15-16-5-2-1-3-6-16/h4,7-12,16,22,33H,1-3,5-6,13-15H2. The van der Waals surface area contributed by atoms with Crippen molar-refractivity contribution in [2.24, 2.45) is 5.92 Å². The minimum Gasteiger partial charge on any atom is -0.493 e. The third-order valence-electron chi connectivity index (χ3n) is 5.90. The summed E-state index contributed by atoms with van der Waals surface area (Å²) in [6.07, 6.45) is -7.04. The lowest BCUT2D eigenvalue weighted by molar-refractivity contribution is -0.200. The number of nitrogens with zero attached hydrogens (tertiary/aromatic N) is 1. The van der Waals surface area contributed by atoms with E-state index in [0.717, 1.165) is 30.6 Å². The van der Waals surface area contributed by atoms with Crippen LogP contribution in [0, 0.1) is 11.7 Å². The lowest BCUT2D eigenvalue weighted by Gasteiger charge is -2.29. The molecule has 2 aromatic carbocycles. The molecule has 1 atom stereocenters. The molecule has 0 radical (unpaired) electrons. The molecule has 0 aliphatic heterocycles. The van der Waals surface area contributed by atoms with Gasteiger partial charge in [0.1, 0.15) is 11.6 Å². The summed E-state index contributed by atoms with van der Waals surface area (Å²) in [5, 5.41) is 9.62. The van der Waals surface area contributed by atoms with Gasteiger partial charge in [0.05, 0.1) is 18.7 Å². The smallest absolute Gasteiger partial charge is 0.416 e. The highest BCUT2D eigenvalue weighted by Gasteiger charge is 2.39. The fourth-order valence-electron chi connectivity index (χ4n) is 3.99. The van der Waals surface area contributed by atoms with E-state index < -0.39 is 48.5 Å². The van der Waals surface area contributed by atoms with Crippen LogP contribution in [0.4, 0.5) is 36.4 Å². The van der Waals surface area contributed by atoms with Crippen molar-refractivity contribution < 1.29 is 40.6 Å².